The van der Waals surface area contributed by atoms with Crippen LogP contribution in [0.2, 0.25) is 5.02 Å². The number of nitrogens with zero attached hydrogens (tertiary/aromatic N) is 2. The van der Waals surface area contributed by atoms with Gasteiger partial charge in [-0.2, -0.15) is 0 Å². The maximum absolute atomic E-state index is 12.2. The number of phenolic OH excluding ortho intramolecular Hbond substituents is 1. The summed E-state index contributed by atoms with van der Waals surface area (Å²) >= 11 is 5.78. The van der Waals surface area contributed by atoms with Crippen molar-refractivity contribution in [1.29, 1.82) is 0 Å². The van der Waals surface area contributed by atoms with Crippen LogP contribution in [0.3, 0.4) is 0 Å². The number of benzene rings is 1. The van der Waals surface area contributed by atoms with Gasteiger partial charge < -0.3 is 20.1 Å². The molecule has 0 bridgehead atoms. The van der Waals surface area contributed by atoms with Crippen molar-refractivity contribution in [1.82, 2.24) is 15.1 Å². The molecule has 1 aliphatic heterocycles. The van der Waals surface area contributed by atoms with Gasteiger partial charge in [0.1, 0.15) is 18.1 Å². The first kappa shape index (κ1) is 17.7. The van der Waals surface area contributed by atoms with Gasteiger partial charge in [-0.15, -0.1) is 0 Å². The molecule has 8 nitrogen and oxygen atoms in total. The molecule has 0 radical (unpaired) electrons. The molecule has 1 saturated heterocycles. The lowest BCUT2D eigenvalue weighted by Crippen LogP contribution is -2.58. The topological polar surface area (TPSA) is 107 Å². The summed E-state index contributed by atoms with van der Waals surface area (Å²) in [6.07, 6.45) is 0.467. The molecule has 4 amide bonds. The summed E-state index contributed by atoms with van der Waals surface area (Å²) in [4.78, 5) is 49.4. The van der Waals surface area contributed by atoms with E-state index in [2.05, 4.69) is 5.32 Å². The highest BCUT2D eigenvalue weighted by molar-refractivity contribution is 6.38. The Hall–Kier alpha value is -2.61. The summed E-state index contributed by atoms with van der Waals surface area (Å²) < 4.78 is 0. The van der Waals surface area contributed by atoms with Crippen molar-refractivity contribution in [2.45, 2.75) is 13.0 Å². The second-order valence-electron chi connectivity index (χ2n) is 5.12. The minimum Gasteiger partial charge on any atom is -0.506 e. The van der Waals surface area contributed by atoms with Crippen molar-refractivity contribution < 1.29 is 24.3 Å². The number of hydrogen-bond acceptors (Lipinski definition) is 5. The molecule has 1 atom stereocenters. The van der Waals surface area contributed by atoms with Crippen LogP contribution in [0.4, 0.5) is 4.79 Å². The predicted molar refractivity (Wildman–Crippen MR) is 84.4 cm³/mol. The molecule has 2 N–H and O–H groups in total. The molecule has 0 aliphatic carbocycles. The number of piperazine rings is 1. The first-order valence-electron chi connectivity index (χ1n) is 7.24. The lowest BCUT2D eigenvalue weighted by atomic mass is 10.1. The van der Waals surface area contributed by atoms with Crippen LogP contribution in [0.1, 0.15) is 18.5 Å². The van der Waals surface area contributed by atoms with E-state index in [1.807, 2.05) is 0 Å². The van der Waals surface area contributed by atoms with E-state index in [1.54, 1.807) is 6.92 Å². The Morgan fingerprint density at radius 2 is 2.08 bits per heavy atom. The molecular weight excluding hydrogens is 338 g/mol. The summed E-state index contributed by atoms with van der Waals surface area (Å²) in [5.74, 6) is -1.85. The zero-order chi connectivity index (χ0) is 17.9. The summed E-state index contributed by atoms with van der Waals surface area (Å²) in [6.45, 7) is 2.40. The highest BCUT2D eigenvalue weighted by Gasteiger charge is 2.36. The highest BCUT2D eigenvalue weighted by Crippen LogP contribution is 2.26. The van der Waals surface area contributed by atoms with E-state index < -0.39 is 23.9 Å². The van der Waals surface area contributed by atoms with Gasteiger partial charge in [0.2, 0.25) is 0 Å². The minimum atomic E-state index is -1.07. The largest absolute Gasteiger partial charge is 0.506 e. The van der Waals surface area contributed by atoms with Crippen molar-refractivity contribution in [2.75, 3.05) is 19.6 Å². The number of urea groups is 1. The van der Waals surface area contributed by atoms with Gasteiger partial charge in [-0.1, -0.05) is 17.7 Å². The minimum absolute atomic E-state index is 0.0245. The average molecular weight is 354 g/mol. The summed E-state index contributed by atoms with van der Waals surface area (Å²) in [6, 6.07) is 2.13. The van der Waals surface area contributed by atoms with Crippen LogP contribution in [0, 0.1) is 0 Å². The fourth-order valence-electron chi connectivity index (χ4n) is 2.29. The molecule has 1 aliphatic rings. The number of hydrogen-bond donors (Lipinski definition) is 2. The van der Waals surface area contributed by atoms with Crippen molar-refractivity contribution in [3.8, 4) is 5.75 Å². The third-order valence-electron chi connectivity index (χ3n) is 3.68. The summed E-state index contributed by atoms with van der Waals surface area (Å²) in [5, 5.41) is 11.8. The van der Waals surface area contributed by atoms with Crippen LogP contribution in [0.5, 0.6) is 5.75 Å². The SMILES string of the molecule is CCN1CCN(C(=O)NC(C=O)c2ccc(O)c(Cl)c2)C(=O)C1=O. The van der Waals surface area contributed by atoms with Crippen molar-refractivity contribution in [3.63, 3.8) is 0 Å². The molecule has 0 spiro atoms. The lowest BCUT2D eigenvalue weighted by Gasteiger charge is -2.32. The van der Waals surface area contributed by atoms with Gasteiger partial charge in [0, 0.05) is 19.6 Å². The van der Waals surface area contributed by atoms with E-state index in [9.17, 15) is 24.3 Å². The zero-order valence-electron chi connectivity index (χ0n) is 12.9. The van der Waals surface area contributed by atoms with E-state index in [-0.39, 0.29) is 23.9 Å². The van der Waals surface area contributed by atoms with Crippen LogP contribution in [0.25, 0.3) is 0 Å². The van der Waals surface area contributed by atoms with E-state index in [0.717, 1.165) is 4.90 Å². The molecule has 24 heavy (non-hydrogen) atoms. The molecule has 1 fully saturated rings. The van der Waals surface area contributed by atoms with E-state index in [4.69, 9.17) is 11.6 Å². The molecular formula is C15H16ClN3O5. The molecule has 1 unspecified atom stereocenters. The van der Waals surface area contributed by atoms with E-state index >= 15 is 0 Å². The van der Waals surface area contributed by atoms with E-state index in [1.165, 1.54) is 23.1 Å². The Balaban J connectivity index is 2.12. The number of carbonyl (C=O) groups excluding carboxylic acids is 4. The van der Waals surface area contributed by atoms with Gasteiger partial charge >= 0.3 is 17.8 Å². The third kappa shape index (κ3) is 3.48. The van der Waals surface area contributed by atoms with E-state index in [0.29, 0.717) is 18.4 Å². The average Bonchev–Trinajstić information content (AvgIpc) is 2.57. The van der Waals surface area contributed by atoms with Gasteiger partial charge in [-0.05, 0) is 24.6 Å². The molecule has 2 rings (SSSR count). The molecule has 128 valence electrons. The first-order chi connectivity index (χ1) is 11.4. The van der Waals surface area contributed by atoms with Crippen LogP contribution in [0.15, 0.2) is 18.2 Å². The van der Waals surface area contributed by atoms with Crippen molar-refractivity contribution in [2.24, 2.45) is 0 Å². The van der Waals surface area contributed by atoms with Crippen LogP contribution in [-0.2, 0) is 14.4 Å². The number of rotatable bonds is 4. The maximum atomic E-state index is 12.2. The molecule has 9 heteroatoms. The number of aromatic hydroxyl groups is 1. The quantitative estimate of drug-likeness (QED) is 0.611. The summed E-state index contributed by atoms with van der Waals surface area (Å²) in [5.41, 5.74) is 0.340. The number of nitrogens with one attached hydrogen (secondary N) is 1. The van der Waals surface area contributed by atoms with Gasteiger partial charge in [-0.25, -0.2) is 4.79 Å². The third-order valence-corrected chi connectivity index (χ3v) is 3.98. The van der Waals surface area contributed by atoms with Gasteiger partial charge in [-0.3, -0.25) is 14.5 Å². The number of likely N-dealkylation sites (N-methyl/N-ethyl adjacent to an activating group) is 1. The molecule has 1 aromatic rings. The fourth-order valence-corrected chi connectivity index (χ4v) is 2.48. The second kappa shape index (κ2) is 7.31. The number of imide groups is 1. The van der Waals surface area contributed by atoms with Gasteiger partial charge in [0.15, 0.2) is 0 Å². The van der Waals surface area contributed by atoms with Gasteiger partial charge in [0.05, 0.1) is 5.02 Å². The summed E-state index contributed by atoms with van der Waals surface area (Å²) in [7, 11) is 0. The highest BCUT2D eigenvalue weighted by atomic mass is 35.5. The number of carbonyl (C=O) groups is 4. The first-order valence-corrected chi connectivity index (χ1v) is 7.61. The number of amides is 4. The normalized spacial score (nSPS) is 16.1. The molecule has 0 aromatic heterocycles. The number of phenols is 1. The lowest BCUT2D eigenvalue weighted by molar-refractivity contribution is -0.153. The number of aldehydes is 1. The van der Waals surface area contributed by atoms with Crippen LogP contribution in [-0.4, -0.2) is 58.7 Å². The Kier molecular flexibility index (Phi) is 5.40. The van der Waals surface area contributed by atoms with Crippen LogP contribution < -0.4 is 5.32 Å². The molecule has 1 aromatic carbocycles. The smallest absolute Gasteiger partial charge is 0.325 e. The Labute approximate surface area is 143 Å². The Morgan fingerprint density at radius 3 is 2.67 bits per heavy atom. The standard InChI is InChI=1S/C15H16ClN3O5/c1-2-18-5-6-19(14(23)13(18)22)15(24)17-11(8-20)9-3-4-12(21)10(16)7-9/h3-4,7-8,11,21H,2,5-6H2,1H3,(H,17,24). The Morgan fingerprint density at radius 1 is 1.38 bits per heavy atom. The fraction of sp³-hybridized carbons (Fsp3) is 0.333. The Bertz CT molecular complexity index is 694. The van der Waals surface area contributed by atoms with Crippen molar-refractivity contribution >= 4 is 35.7 Å². The zero-order valence-corrected chi connectivity index (χ0v) is 13.6. The predicted octanol–water partition coefficient (Wildman–Crippen LogP) is 0.686. The van der Waals surface area contributed by atoms with Crippen molar-refractivity contribution in [3.05, 3.63) is 28.8 Å². The number of halogens is 1. The maximum Gasteiger partial charge on any atom is 0.325 e. The second-order valence-corrected chi connectivity index (χ2v) is 5.52. The monoisotopic (exact) mass is 353 g/mol. The van der Waals surface area contributed by atoms with Crippen LogP contribution >= 0.6 is 11.6 Å². The van der Waals surface area contributed by atoms with Gasteiger partial charge in [0.25, 0.3) is 0 Å². The molecule has 0 saturated carbocycles. The molecule has 1 heterocycles.